The van der Waals surface area contributed by atoms with Crippen molar-refractivity contribution in [3.05, 3.63) is 42.0 Å². The van der Waals surface area contributed by atoms with Gasteiger partial charge in [0.1, 0.15) is 0 Å². The van der Waals surface area contributed by atoms with Crippen LogP contribution in [0.1, 0.15) is 38.1 Å². The van der Waals surface area contributed by atoms with E-state index in [9.17, 15) is 9.59 Å². The van der Waals surface area contributed by atoms with Crippen LogP contribution in [0.2, 0.25) is 0 Å². The largest absolute Gasteiger partial charge is 0.490 e. The lowest BCUT2D eigenvalue weighted by atomic mass is 10.1. The fourth-order valence-corrected chi connectivity index (χ4v) is 2.54. The van der Waals surface area contributed by atoms with E-state index in [-0.39, 0.29) is 5.78 Å². The van der Waals surface area contributed by atoms with Gasteiger partial charge in [-0.15, -0.1) is 0 Å². The lowest BCUT2D eigenvalue weighted by molar-refractivity contribution is 0.101. The Kier molecular flexibility index (Phi) is 7.68. The summed E-state index contributed by atoms with van der Waals surface area (Å²) in [6, 6.07) is 9.62. The average molecular weight is 386 g/mol. The van der Waals surface area contributed by atoms with Gasteiger partial charge in [-0.05, 0) is 52.0 Å². The van der Waals surface area contributed by atoms with Gasteiger partial charge in [0.15, 0.2) is 17.3 Å². The second-order valence-electron chi connectivity index (χ2n) is 5.81. The maximum atomic E-state index is 12.3. The summed E-state index contributed by atoms with van der Waals surface area (Å²) >= 11 is 0. The molecule has 2 rings (SSSR count). The number of benzene rings is 2. The van der Waals surface area contributed by atoms with Crippen LogP contribution in [0.25, 0.3) is 0 Å². The van der Waals surface area contributed by atoms with Crippen molar-refractivity contribution < 1.29 is 23.8 Å². The van der Waals surface area contributed by atoms with Gasteiger partial charge < -0.3 is 24.8 Å². The van der Waals surface area contributed by atoms with Crippen molar-refractivity contribution in [1.29, 1.82) is 0 Å². The zero-order valence-corrected chi connectivity index (χ0v) is 16.6. The number of rotatable bonds is 9. The van der Waals surface area contributed by atoms with Crippen molar-refractivity contribution in [3.63, 3.8) is 0 Å². The Labute approximate surface area is 165 Å². The van der Waals surface area contributed by atoms with E-state index in [2.05, 4.69) is 10.6 Å². The van der Waals surface area contributed by atoms with Crippen LogP contribution in [0.5, 0.6) is 17.2 Å². The molecule has 2 N–H and O–H groups in total. The van der Waals surface area contributed by atoms with E-state index in [4.69, 9.17) is 14.2 Å². The number of Topliss-reactive ketones (excluding diaryl/α,β-unsaturated/α-hetero) is 1. The molecule has 0 heterocycles. The number of urea groups is 1. The van der Waals surface area contributed by atoms with Crippen molar-refractivity contribution in [2.75, 3.05) is 30.5 Å². The number of nitrogens with one attached hydrogen (secondary N) is 2. The molecule has 0 aliphatic heterocycles. The normalized spacial score (nSPS) is 10.1. The van der Waals surface area contributed by atoms with Crippen molar-refractivity contribution in [2.24, 2.45) is 0 Å². The minimum absolute atomic E-state index is 0.0303. The molecule has 0 atom stereocenters. The number of ether oxygens (including phenoxy) is 3. The van der Waals surface area contributed by atoms with Crippen LogP contribution in [0.4, 0.5) is 16.2 Å². The highest BCUT2D eigenvalue weighted by Gasteiger charge is 2.16. The standard InChI is InChI=1S/C21H26N2O5/c1-5-26-18-12-17(13-19(27-6-2)20(18)28-7-3)23-21(25)22-16-10-8-15(9-11-16)14(4)24/h8-13H,5-7H2,1-4H3,(H2,22,23,25). The highest BCUT2D eigenvalue weighted by molar-refractivity contribution is 6.00. The number of ketones is 1. The summed E-state index contributed by atoms with van der Waals surface area (Å²) in [6.07, 6.45) is 0. The average Bonchev–Trinajstić information content (AvgIpc) is 2.65. The predicted molar refractivity (Wildman–Crippen MR) is 109 cm³/mol. The lowest BCUT2D eigenvalue weighted by Gasteiger charge is -2.17. The third kappa shape index (κ3) is 5.64. The number of amides is 2. The Morgan fingerprint density at radius 1 is 0.786 bits per heavy atom. The Balaban J connectivity index is 2.19. The summed E-state index contributed by atoms with van der Waals surface area (Å²) in [7, 11) is 0. The first kappa shape index (κ1) is 21.1. The van der Waals surface area contributed by atoms with Gasteiger partial charge in [-0.1, -0.05) is 0 Å². The van der Waals surface area contributed by atoms with Crippen molar-refractivity contribution >= 4 is 23.2 Å². The SMILES string of the molecule is CCOc1cc(NC(=O)Nc2ccc(C(C)=O)cc2)cc(OCC)c1OCC. The van der Waals surface area contributed by atoms with E-state index in [0.29, 0.717) is 54.0 Å². The molecule has 0 unspecified atom stereocenters. The van der Waals surface area contributed by atoms with Crippen LogP contribution >= 0.6 is 0 Å². The van der Waals surface area contributed by atoms with Crippen LogP contribution in [0.3, 0.4) is 0 Å². The van der Waals surface area contributed by atoms with E-state index in [1.165, 1.54) is 6.92 Å². The van der Waals surface area contributed by atoms with Gasteiger partial charge in [0.25, 0.3) is 0 Å². The summed E-state index contributed by atoms with van der Waals surface area (Å²) in [6.45, 7) is 8.47. The fourth-order valence-electron chi connectivity index (χ4n) is 2.54. The number of carbonyl (C=O) groups excluding carboxylic acids is 2. The summed E-state index contributed by atoms with van der Waals surface area (Å²) in [5.74, 6) is 1.47. The van der Waals surface area contributed by atoms with Crippen molar-refractivity contribution in [3.8, 4) is 17.2 Å². The van der Waals surface area contributed by atoms with Crippen molar-refractivity contribution in [2.45, 2.75) is 27.7 Å². The molecular formula is C21H26N2O5. The third-order valence-corrected chi connectivity index (χ3v) is 3.72. The molecular weight excluding hydrogens is 360 g/mol. The minimum Gasteiger partial charge on any atom is -0.490 e. The van der Waals surface area contributed by atoms with E-state index in [0.717, 1.165) is 0 Å². The summed E-state index contributed by atoms with van der Waals surface area (Å²) in [5.41, 5.74) is 1.66. The molecule has 0 aromatic heterocycles. The molecule has 0 aliphatic rings. The van der Waals surface area contributed by atoms with Crippen LogP contribution in [-0.2, 0) is 0 Å². The molecule has 2 aromatic carbocycles. The van der Waals surface area contributed by atoms with Crippen LogP contribution in [0, 0.1) is 0 Å². The van der Waals surface area contributed by atoms with Gasteiger partial charge in [0.2, 0.25) is 5.75 Å². The summed E-state index contributed by atoms with van der Waals surface area (Å²) in [4.78, 5) is 23.7. The molecule has 150 valence electrons. The molecule has 0 radical (unpaired) electrons. The van der Waals surface area contributed by atoms with Gasteiger partial charge in [-0.3, -0.25) is 4.79 Å². The Morgan fingerprint density at radius 3 is 1.75 bits per heavy atom. The van der Waals surface area contributed by atoms with E-state index in [1.54, 1.807) is 36.4 Å². The van der Waals surface area contributed by atoms with Crippen LogP contribution in [-0.4, -0.2) is 31.6 Å². The summed E-state index contributed by atoms with van der Waals surface area (Å²) in [5, 5.41) is 5.49. The maximum absolute atomic E-state index is 12.3. The first-order valence-electron chi connectivity index (χ1n) is 9.23. The van der Waals surface area contributed by atoms with Gasteiger partial charge in [0.05, 0.1) is 25.5 Å². The minimum atomic E-state index is -0.426. The molecule has 0 bridgehead atoms. The number of hydrogen-bond donors (Lipinski definition) is 2. The molecule has 0 aliphatic carbocycles. The monoisotopic (exact) mass is 386 g/mol. The topological polar surface area (TPSA) is 85.9 Å². The van der Waals surface area contributed by atoms with Crippen molar-refractivity contribution in [1.82, 2.24) is 0 Å². The highest BCUT2D eigenvalue weighted by Crippen LogP contribution is 2.40. The van der Waals surface area contributed by atoms with Crippen LogP contribution in [0.15, 0.2) is 36.4 Å². The Morgan fingerprint density at radius 2 is 1.29 bits per heavy atom. The number of anilines is 2. The van der Waals surface area contributed by atoms with Gasteiger partial charge >= 0.3 is 6.03 Å². The Bertz CT molecular complexity index is 791. The summed E-state index contributed by atoms with van der Waals surface area (Å²) < 4.78 is 16.9. The second-order valence-corrected chi connectivity index (χ2v) is 5.81. The first-order chi connectivity index (χ1) is 13.5. The quantitative estimate of drug-likeness (QED) is 0.609. The van der Waals surface area contributed by atoms with Gasteiger partial charge in [-0.2, -0.15) is 0 Å². The fraction of sp³-hybridized carbons (Fsp3) is 0.333. The highest BCUT2D eigenvalue weighted by atomic mass is 16.5. The van der Waals surface area contributed by atoms with Gasteiger partial charge in [0, 0.05) is 23.4 Å². The molecule has 0 fully saturated rings. The molecule has 0 saturated heterocycles. The molecule has 0 spiro atoms. The van der Waals surface area contributed by atoms with E-state index in [1.807, 2.05) is 20.8 Å². The Hall–Kier alpha value is -3.22. The first-order valence-corrected chi connectivity index (χ1v) is 9.23. The molecule has 0 saturated carbocycles. The van der Waals surface area contributed by atoms with Gasteiger partial charge in [-0.25, -0.2) is 4.79 Å². The molecule has 2 amide bonds. The third-order valence-electron chi connectivity index (χ3n) is 3.72. The van der Waals surface area contributed by atoms with Crippen LogP contribution < -0.4 is 24.8 Å². The van der Waals surface area contributed by atoms with E-state index >= 15 is 0 Å². The maximum Gasteiger partial charge on any atom is 0.323 e. The lowest BCUT2D eigenvalue weighted by Crippen LogP contribution is -2.19. The number of carbonyl (C=O) groups is 2. The predicted octanol–water partition coefficient (Wildman–Crippen LogP) is 4.73. The molecule has 7 heteroatoms. The molecule has 7 nitrogen and oxygen atoms in total. The second kappa shape index (κ2) is 10.2. The molecule has 2 aromatic rings. The molecule has 28 heavy (non-hydrogen) atoms. The zero-order chi connectivity index (χ0) is 20.5. The van der Waals surface area contributed by atoms with E-state index < -0.39 is 6.03 Å². The zero-order valence-electron chi connectivity index (χ0n) is 16.6. The number of hydrogen-bond acceptors (Lipinski definition) is 5. The smallest absolute Gasteiger partial charge is 0.323 e.